The molecule has 2 rings (SSSR count). The van der Waals surface area contributed by atoms with Crippen molar-refractivity contribution < 1.29 is 4.79 Å². The van der Waals surface area contributed by atoms with Crippen molar-refractivity contribution in [3.63, 3.8) is 0 Å². The average molecular weight is 360 g/mol. The van der Waals surface area contributed by atoms with Crippen LogP contribution >= 0.6 is 0 Å². The van der Waals surface area contributed by atoms with Crippen LogP contribution in [0.1, 0.15) is 38.2 Å². The van der Waals surface area contributed by atoms with E-state index >= 15 is 0 Å². The van der Waals surface area contributed by atoms with Crippen LogP contribution in [0.25, 0.3) is 0 Å². The molecule has 26 heavy (non-hydrogen) atoms. The molecule has 6 nitrogen and oxygen atoms in total. The monoisotopic (exact) mass is 359 g/mol. The first-order valence-electron chi connectivity index (χ1n) is 9.47. The van der Waals surface area contributed by atoms with Crippen molar-refractivity contribution in [2.75, 3.05) is 33.0 Å². The molecule has 1 aliphatic rings. The van der Waals surface area contributed by atoms with E-state index in [2.05, 4.69) is 27.9 Å². The molecule has 0 unspecified atom stereocenters. The predicted molar refractivity (Wildman–Crippen MR) is 108 cm³/mol. The highest BCUT2D eigenvalue weighted by Gasteiger charge is 2.18. The lowest BCUT2D eigenvalue weighted by molar-refractivity contribution is -0.116. The number of guanidine groups is 1. The van der Waals surface area contributed by atoms with Crippen LogP contribution in [0.4, 0.5) is 5.69 Å². The number of carbonyl (C=O) groups is 1. The number of aliphatic imine (C=N–C) groups is 1. The predicted octanol–water partition coefficient (Wildman–Crippen LogP) is 2.43. The minimum Gasteiger partial charge on any atom is -0.354 e. The molecule has 1 saturated carbocycles. The maximum Gasteiger partial charge on any atom is 0.238 e. The van der Waals surface area contributed by atoms with Crippen LogP contribution in [0.2, 0.25) is 0 Å². The molecule has 6 heteroatoms. The van der Waals surface area contributed by atoms with Crippen LogP contribution in [0.15, 0.2) is 29.3 Å². The van der Waals surface area contributed by atoms with E-state index in [1.807, 2.05) is 43.3 Å². The smallest absolute Gasteiger partial charge is 0.238 e. The van der Waals surface area contributed by atoms with Crippen molar-refractivity contribution in [3.8, 4) is 0 Å². The number of benzene rings is 1. The Hall–Kier alpha value is -2.08. The minimum absolute atomic E-state index is 0.0101. The number of hydrogen-bond acceptors (Lipinski definition) is 3. The van der Waals surface area contributed by atoms with Gasteiger partial charge in [0.05, 0.1) is 6.54 Å². The van der Waals surface area contributed by atoms with Gasteiger partial charge < -0.3 is 20.9 Å². The summed E-state index contributed by atoms with van der Waals surface area (Å²) in [5.74, 6) is 1.67. The van der Waals surface area contributed by atoms with Crippen molar-refractivity contribution in [1.82, 2.24) is 15.5 Å². The highest BCUT2D eigenvalue weighted by Crippen LogP contribution is 2.23. The molecule has 1 aromatic rings. The van der Waals surface area contributed by atoms with Crippen molar-refractivity contribution >= 4 is 17.6 Å². The second-order valence-corrected chi connectivity index (χ2v) is 7.51. The van der Waals surface area contributed by atoms with Gasteiger partial charge in [-0.1, -0.05) is 19.1 Å². The second kappa shape index (κ2) is 10.2. The number of amides is 1. The number of carbonyl (C=O) groups excluding carboxylic acids is 1. The lowest BCUT2D eigenvalue weighted by atomic mass is 9.87. The number of nitrogens with zero attached hydrogens (tertiary/aromatic N) is 2. The summed E-state index contributed by atoms with van der Waals surface area (Å²) < 4.78 is 0. The molecule has 0 heterocycles. The Labute approximate surface area is 157 Å². The summed E-state index contributed by atoms with van der Waals surface area (Å²) in [6, 6.07) is 8.42. The van der Waals surface area contributed by atoms with Crippen LogP contribution in [0.5, 0.6) is 0 Å². The zero-order valence-corrected chi connectivity index (χ0v) is 16.5. The van der Waals surface area contributed by atoms with Crippen LogP contribution in [0.3, 0.4) is 0 Å². The van der Waals surface area contributed by atoms with E-state index in [-0.39, 0.29) is 5.91 Å². The van der Waals surface area contributed by atoms with Crippen LogP contribution in [0, 0.1) is 5.92 Å². The number of rotatable bonds is 6. The van der Waals surface area contributed by atoms with Crippen molar-refractivity contribution in [3.05, 3.63) is 29.8 Å². The molecule has 144 valence electrons. The van der Waals surface area contributed by atoms with Gasteiger partial charge in [-0.2, -0.15) is 0 Å². The number of nitrogens with one attached hydrogen (secondary N) is 3. The first-order valence-corrected chi connectivity index (χ1v) is 9.47. The van der Waals surface area contributed by atoms with Gasteiger partial charge in [-0.25, -0.2) is 0 Å². The van der Waals surface area contributed by atoms with Crippen molar-refractivity contribution in [2.45, 2.75) is 45.2 Å². The van der Waals surface area contributed by atoms with E-state index < -0.39 is 0 Å². The van der Waals surface area contributed by atoms with Crippen LogP contribution in [-0.2, 0) is 11.3 Å². The molecule has 0 saturated heterocycles. The molecule has 0 atom stereocenters. The van der Waals surface area contributed by atoms with Gasteiger partial charge in [0.2, 0.25) is 5.91 Å². The largest absolute Gasteiger partial charge is 0.354 e. The highest BCUT2D eigenvalue weighted by molar-refractivity contribution is 5.92. The fourth-order valence-corrected chi connectivity index (χ4v) is 3.22. The lowest BCUT2D eigenvalue weighted by Crippen LogP contribution is -2.44. The lowest BCUT2D eigenvalue weighted by Gasteiger charge is -2.28. The minimum atomic E-state index is -0.0101. The molecule has 1 aliphatic carbocycles. The van der Waals surface area contributed by atoms with E-state index in [0.29, 0.717) is 19.1 Å². The molecule has 3 N–H and O–H groups in total. The zero-order chi connectivity index (χ0) is 18.9. The third kappa shape index (κ3) is 7.04. The third-order valence-corrected chi connectivity index (χ3v) is 4.71. The Kier molecular flexibility index (Phi) is 7.91. The van der Waals surface area contributed by atoms with Gasteiger partial charge in [0, 0.05) is 25.3 Å². The third-order valence-electron chi connectivity index (χ3n) is 4.71. The standard InChI is InChI=1S/C20H33N5O/c1-15-8-10-17(11-9-15)24-20(21-2)22-13-16-6-5-7-18(12-16)23-19(26)14-25(3)4/h5-7,12,15,17H,8-11,13-14H2,1-4H3,(H,23,26)(H2,21,22,24). The summed E-state index contributed by atoms with van der Waals surface area (Å²) in [6.45, 7) is 3.37. The molecule has 0 bridgehead atoms. The van der Waals surface area contributed by atoms with Gasteiger partial charge >= 0.3 is 0 Å². The topological polar surface area (TPSA) is 68.8 Å². The molecule has 1 aromatic carbocycles. The van der Waals surface area contributed by atoms with E-state index in [1.165, 1.54) is 25.7 Å². The molecule has 1 amide bonds. The maximum atomic E-state index is 11.9. The van der Waals surface area contributed by atoms with E-state index in [4.69, 9.17) is 0 Å². The summed E-state index contributed by atoms with van der Waals surface area (Å²) in [5, 5.41) is 9.83. The van der Waals surface area contributed by atoms with Crippen molar-refractivity contribution in [2.24, 2.45) is 10.9 Å². The Morgan fingerprint density at radius 3 is 2.62 bits per heavy atom. The highest BCUT2D eigenvalue weighted by atomic mass is 16.2. The molecular formula is C20H33N5O. The fraction of sp³-hybridized carbons (Fsp3) is 0.600. The first-order chi connectivity index (χ1) is 12.5. The summed E-state index contributed by atoms with van der Waals surface area (Å²) >= 11 is 0. The fourth-order valence-electron chi connectivity index (χ4n) is 3.22. The normalized spacial score (nSPS) is 20.7. The molecule has 0 radical (unpaired) electrons. The molecule has 0 aromatic heterocycles. The quantitative estimate of drug-likeness (QED) is 0.539. The molecule has 0 spiro atoms. The summed E-state index contributed by atoms with van der Waals surface area (Å²) in [7, 11) is 5.57. The molecular weight excluding hydrogens is 326 g/mol. The summed E-state index contributed by atoms with van der Waals surface area (Å²) in [4.78, 5) is 18.1. The number of likely N-dealkylation sites (N-methyl/N-ethyl adjacent to an activating group) is 1. The van der Waals surface area contributed by atoms with Gasteiger partial charge in [0.25, 0.3) is 0 Å². The number of anilines is 1. The zero-order valence-electron chi connectivity index (χ0n) is 16.5. The Morgan fingerprint density at radius 1 is 1.23 bits per heavy atom. The SMILES string of the molecule is CN=C(NCc1cccc(NC(=O)CN(C)C)c1)NC1CCC(C)CC1. The van der Waals surface area contributed by atoms with E-state index in [1.54, 1.807) is 7.05 Å². The average Bonchev–Trinajstić information content (AvgIpc) is 2.60. The van der Waals surface area contributed by atoms with Gasteiger partial charge in [0.1, 0.15) is 0 Å². The van der Waals surface area contributed by atoms with Gasteiger partial charge in [-0.15, -0.1) is 0 Å². The number of hydrogen-bond donors (Lipinski definition) is 3. The maximum absolute atomic E-state index is 11.9. The first kappa shape index (κ1) is 20.2. The molecule has 0 aliphatic heterocycles. The van der Waals surface area contributed by atoms with Crippen LogP contribution < -0.4 is 16.0 Å². The van der Waals surface area contributed by atoms with Gasteiger partial charge in [0.15, 0.2) is 5.96 Å². The summed E-state index contributed by atoms with van der Waals surface area (Å²) in [6.07, 6.45) is 4.97. The van der Waals surface area contributed by atoms with Gasteiger partial charge in [-0.05, 0) is 63.4 Å². The van der Waals surface area contributed by atoms with Crippen LogP contribution in [-0.4, -0.2) is 50.5 Å². The Bertz CT molecular complexity index is 606. The second-order valence-electron chi connectivity index (χ2n) is 7.51. The summed E-state index contributed by atoms with van der Waals surface area (Å²) in [5.41, 5.74) is 1.92. The van der Waals surface area contributed by atoms with Gasteiger partial charge in [-0.3, -0.25) is 9.79 Å². The molecule has 1 fully saturated rings. The van der Waals surface area contributed by atoms with E-state index in [0.717, 1.165) is 23.1 Å². The Morgan fingerprint density at radius 2 is 1.96 bits per heavy atom. The van der Waals surface area contributed by atoms with Crippen molar-refractivity contribution in [1.29, 1.82) is 0 Å². The Balaban J connectivity index is 1.83. The van der Waals surface area contributed by atoms with E-state index in [9.17, 15) is 4.79 Å².